The SMILES string of the molecule is CC(C)(CCC(=O)O)NC(=O)N1CC2CCCC2C1. The molecule has 1 saturated carbocycles. The number of urea groups is 1. The number of carbonyl (C=O) groups is 2. The van der Waals surface area contributed by atoms with Crippen molar-refractivity contribution in [2.45, 2.75) is 51.5 Å². The molecule has 5 nitrogen and oxygen atoms in total. The van der Waals surface area contributed by atoms with Crippen LogP contribution in [-0.2, 0) is 4.79 Å². The highest BCUT2D eigenvalue weighted by molar-refractivity contribution is 5.75. The molecule has 108 valence electrons. The lowest BCUT2D eigenvalue weighted by Crippen LogP contribution is -2.49. The van der Waals surface area contributed by atoms with Crippen molar-refractivity contribution >= 4 is 12.0 Å². The maximum atomic E-state index is 12.2. The normalized spacial score (nSPS) is 26.3. The van der Waals surface area contributed by atoms with E-state index in [0.717, 1.165) is 13.1 Å². The molecule has 1 aliphatic heterocycles. The molecule has 2 rings (SSSR count). The van der Waals surface area contributed by atoms with Crippen LogP contribution >= 0.6 is 0 Å². The molecule has 0 spiro atoms. The summed E-state index contributed by atoms with van der Waals surface area (Å²) >= 11 is 0. The first kappa shape index (κ1) is 14.2. The van der Waals surface area contributed by atoms with Crippen LogP contribution in [0.15, 0.2) is 0 Å². The highest BCUT2D eigenvalue weighted by Crippen LogP contribution is 2.37. The maximum absolute atomic E-state index is 12.2. The number of hydrogen-bond donors (Lipinski definition) is 2. The van der Waals surface area contributed by atoms with E-state index < -0.39 is 11.5 Å². The number of nitrogens with one attached hydrogen (secondary N) is 1. The van der Waals surface area contributed by atoms with Crippen LogP contribution in [0.3, 0.4) is 0 Å². The number of fused-ring (bicyclic) bond motifs is 1. The van der Waals surface area contributed by atoms with Crippen molar-refractivity contribution in [3.63, 3.8) is 0 Å². The van der Waals surface area contributed by atoms with Crippen LogP contribution in [0.2, 0.25) is 0 Å². The van der Waals surface area contributed by atoms with Crippen molar-refractivity contribution in [3.8, 4) is 0 Å². The van der Waals surface area contributed by atoms with E-state index in [2.05, 4.69) is 5.32 Å². The number of aliphatic carboxylic acids is 1. The Kier molecular flexibility index (Phi) is 4.02. The van der Waals surface area contributed by atoms with Gasteiger partial charge in [-0.3, -0.25) is 4.79 Å². The second kappa shape index (κ2) is 5.39. The van der Waals surface area contributed by atoms with Crippen LogP contribution < -0.4 is 5.32 Å². The highest BCUT2D eigenvalue weighted by Gasteiger charge is 2.38. The summed E-state index contributed by atoms with van der Waals surface area (Å²) in [5, 5.41) is 11.7. The molecule has 2 unspecified atom stereocenters. The van der Waals surface area contributed by atoms with Crippen molar-refractivity contribution in [2.24, 2.45) is 11.8 Å². The van der Waals surface area contributed by atoms with Gasteiger partial charge in [-0.15, -0.1) is 0 Å². The quantitative estimate of drug-likeness (QED) is 0.820. The standard InChI is InChI=1S/C14H24N2O3/c1-14(2,7-6-12(17)18)15-13(19)16-8-10-4-3-5-11(10)9-16/h10-11H,3-9H2,1-2H3,(H,15,19)(H,17,18). The number of carboxylic acids is 1. The average molecular weight is 268 g/mol. The van der Waals surface area contributed by atoms with E-state index in [9.17, 15) is 9.59 Å². The molecular weight excluding hydrogens is 244 g/mol. The number of likely N-dealkylation sites (tertiary alicyclic amines) is 1. The molecule has 19 heavy (non-hydrogen) atoms. The fourth-order valence-electron chi connectivity index (χ4n) is 3.25. The van der Waals surface area contributed by atoms with Gasteiger partial charge in [-0.2, -0.15) is 0 Å². The van der Waals surface area contributed by atoms with E-state index >= 15 is 0 Å². The van der Waals surface area contributed by atoms with Gasteiger partial charge in [-0.1, -0.05) is 6.42 Å². The molecule has 2 amide bonds. The first-order valence-electron chi connectivity index (χ1n) is 7.16. The van der Waals surface area contributed by atoms with E-state index in [1.807, 2.05) is 18.7 Å². The minimum Gasteiger partial charge on any atom is -0.481 e. The van der Waals surface area contributed by atoms with Crippen LogP contribution in [0.5, 0.6) is 0 Å². The molecule has 1 aliphatic carbocycles. The molecular formula is C14H24N2O3. The lowest BCUT2D eigenvalue weighted by molar-refractivity contribution is -0.137. The molecule has 0 bridgehead atoms. The molecule has 0 aromatic carbocycles. The minimum absolute atomic E-state index is 0.0372. The highest BCUT2D eigenvalue weighted by atomic mass is 16.4. The van der Waals surface area contributed by atoms with Crippen molar-refractivity contribution in [2.75, 3.05) is 13.1 Å². The van der Waals surface area contributed by atoms with Crippen LogP contribution in [0.4, 0.5) is 4.79 Å². The van der Waals surface area contributed by atoms with Crippen molar-refractivity contribution < 1.29 is 14.7 Å². The van der Waals surface area contributed by atoms with Crippen molar-refractivity contribution in [1.82, 2.24) is 10.2 Å². The summed E-state index contributed by atoms with van der Waals surface area (Å²) in [5.41, 5.74) is -0.465. The van der Waals surface area contributed by atoms with E-state index in [4.69, 9.17) is 5.11 Å². The Morgan fingerprint density at radius 3 is 2.37 bits per heavy atom. The molecule has 1 heterocycles. The summed E-state index contributed by atoms with van der Waals surface area (Å²) in [7, 11) is 0. The van der Waals surface area contributed by atoms with Crippen LogP contribution in [0.1, 0.15) is 46.0 Å². The van der Waals surface area contributed by atoms with Crippen LogP contribution in [-0.4, -0.2) is 40.6 Å². The molecule has 0 aromatic rings. The Bertz CT molecular complexity index is 356. The zero-order valence-electron chi connectivity index (χ0n) is 11.8. The number of carbonyl (C=O) groups excluding carboxylic acids is 1. The van der Waals surface area contributed by atoms with Crippen LogP contribution in [0.25, 0.3) is 0 Å². The minimum atomic E-state index is -0.821. The summed E-state index contributed by atoms with van der Waals surface area (Å²) < 4.78 is 0. The topological polar surface area (TPSA) is 69.6 Å². The van der Waals surface area contributed by atoms with E-state index in [0.29, 0.717) is 18.3 Å². The summed E-state index contributed by atoms with van der Waals surface area (Å²) in [5.74, 6) is 0.554. The van der Waals surface area contributed by atoms with Gasteiger partial charge in [-0.05, 0) is 44.9 Å². The first-order valence-corrected chi connectivity index (χ1v) is 7.16. The Labute approximate surface area is 114 Å². The van der Waals surface area contributed by atoms with E-state index in [1.54, 1.807) is 0 Å². The van der Waals surface area contributed by atoms with Gasteiger partial charge in [0.05, 0.1) is 0 Å². The number of nitrogens with zero attached hydrogens (tertiary/aromatic N) is 1. The molecule has 0 aromatic heterocycles. The van der Waals surface area contributed by atoms with Gasteiger partial charge in [0.2, 0.25) is 0 Å². The smallest absolute Gasteiger partial charge is 0.317 e. The molecule has 2 N–H and O–H groups in total. The molecule has 0 radical (unpaired) electrons. The molecule has 2 atom stereocenters. The Hall–Kier alpha value is -1.26. The van der Waals surface area contributed by atoms with Gasteiger partial charge in [0, 0.05) is 25.0 Å². The monoisotopic (exact) mass is 268 g/mol. The predicted molar refractivity (Wildman–Crippen MR) is 71.9 cm³/mol. The third-order valence-corrected chi connectivity index (χ3v) is 4.42. The summed E-state index contributed by atoms with van der Waals surface area (Å²) in [6, 6.07) is -0.0372. The van der Waals surface area contributed by atoms with Gasteiger partial charge in [0.15, 0.2) is 0 Å². The van der Waals surface area contributed by atoms with E-state index in [1.165, 1.54) is 19.3 Å². The molecule has 5 heteroatoms. The third kappa shape index (κ3) is 3.61. The average Bonchev–Trinajstić information content (AvgIpc) is 2.85. The van der Waals surface area contributed by atoms with Crippen molar-refractivity contribution in [3.05, 3.63) is 0 Å². The van der Waals surface area contributed by atoms with Gasteiger partial charge < -0.3 is 15.3 Å². The number of rotatable bonds is 4. The summed E-state index contributed by atoms with van der Waals surface area (Å²) in [6.07, 6.45) is 4.33. The zero-order valence-corrected chi connectivity index (χ0v) is 11.8. The second-order valence-corrected chi connectivity index (χ2v) is 6.56. The van der Waals surface area contributed by atoms with Crippen LogP contribution in [0, 0.1) is 11.8 Å². The second-order valence-electron chi connectivity index (χ2n) is 6.56. The van der Waals surface area contributed by atoms with Gasteiger partial charge >= 0.3 is 12.0 Å². The van der Waals surface area contributed by atoms with E-state index in [-0.39, 0.29) is 12.5 Å². The fourth-order valence-corrected chi connectivity index (χ4v) is 3.25. The van der Waals surface area contributed by atoms with Gasteiger partial charge in [-0.25, -0.2) is 4.79 Å². The number of amides is 2. The molecule has 2 aliphatic rings. The Balaban J connectivity index is 1.82. The third-order valence-electron chi connectivity index (χ3n) is 4.42. The van der Waals surface area contributed by atoms with Gasteiger partial charge in [0.1, 0.15) is 0 Å². The Morgan fingerprint density at radius 1 is 1.26 bits per heavy atom. The van der Waals surface area contributed by atoms with Gasteiger partial charge in [0.25, 0.3) is 0 Å². The summed E-state index contributed by atoms with van der Waals surface area (Å²) in [6.45, 7) is 5.49. The first-order chi connectivity index (χ1) is 8.87. The summed E-state index contributed by atoms with van der Waals surface area (Å²) in [4.78, 5) is 24.7. The fraction of sp³-hybridized carbons (Fsp3) is 0.857. The predicted octanol–water partition coefficient (Wildman–Crippen LogP) is 2.07. The lowest BCUT2D eigenvalue weighted by Gasteiger charge is -2.29. The maximum Gasteiger partial charge on any atom is 0.317 e. The molecule has 1 saturated heterocycles. The number of carboxylic acid groups (broad SMARTS) is 1. The largest absolute Gasteiger partial charge is 0.481 e. The Morgan fingerprint density at radius 2 is 1.84 bits per heavy atom. The molecule has 2 fully saturated rings. The zero-order chi connectivity index (χ0) is 14.0. The lowest BCUT2D eigenvalue weighted by atomic mass is 9.99. The number of hydrogen-bond acceptors (Lipinski definition) is 2. The van der Waals surface area contributed by atoms with Crippen molar-refractivity contribution in [1.29, 1.82) is 0 Å².